The molecular formula is C22H22F3N7O2. The fourth-order valence-corrected chi connectivity index (χ4v) is 3.43. The van der Waals surface area contributed by atoms with Crippen LogP contribution in [0, 0.1) is 13.8 Å². The molecule has 34 heavy (non-hydrogen) atoms. The van der Waals surface area contributed by atoms with Gasteiger partial charge in [-0.3, -0.25) is 4.79 Å². The highest BCUT2D eigenvalue weighted by Gasteiger charge is 2.49. The number of halogens is 3. The van der Waals surface area contributed by atoms with E-state index in [2.05, 4.69) is 25.8 Å². The number of nitrogens with zero attached hydrogens (tertiary/aromatic N) is 6. The maximum atomic E-state index is 12.9. The van der Waals surface area contributed by atoms with Gasteiger partial charge in [-0.1, -0.05) is 12.1 Å². The molecule has 3 heterocycles. The number of hydrogen-bond donors (Lipinski definition) is 2. The van der Waals surface area contributed by atoms with Crippen LogP contribution < -0.4 is 5.32 Å². The maximum absolute atomic E-state index is 12.9. The van der Waals surface area contributed by atoms with Crippen LogP contribution in [-0.4, -0.2) is 52.6 Å². The first kappa shape index (κ1) is 23.4. The van der Waals surface area contributed by atoms with Crippen LogP contribution >= 0.6 is 0 Å². The standard InChI is InChI=1S/C22H22F3N7O2/c1-13-10-14(2)17(27-20(33)16-12-26-31-8-5-4-6-18(16)31)11-15(13)19-28-30-32(29-19)9-7-21(3,34)22(23,24)25/h4-6,8,10-12,34H,7,9H2,1-3H3,(H,27,33). The number of benzene rings is 1. The van der Waals surface area contributed by atoms with Crippen molar-refractivity contribution in [3.63, 3.8) is 0 Å². The van der Waals surface area contributed by atoms with Crippen molar-refractivity contribution in [2.75, 3.05) is 5.32 Å². The molecule has 0 aliphatic heterocycles. The average molecular weight is 473 g/mol. The third-order valence-electron chi connectivity index (χ3n) is 5.59. The number of amides is 1. The van der Waals surface area contributed by atoms with Gasteiger partial charge in [0.1, 0.15) is 0 Å². The molecule has 1 aromatic carbocycles. The Bertz CT molecular complexity index is 1360. The number of rotatable bonds is 6. The minimum atomic E-state index is -4.77. The van der Waals surface area contributed by atoms with Gasteiger partial charge in [-0.15, -0.1) is 10.2 Å². The second-order valence-electron chi connectivity index (χ2n) is 8.26. The highest BCUT2D eigenvalue weighted by molar-refractivity contribution is 6.09. The van der Waals surface area contributed by atoms with Crippen LogP contribution in [0.2, 0.25) is 0 Å². The summed E-state index contributed by atoms with van der Waals surface area (Å²) in [7, 11) is 0. The van der Waals surface area contributed by atoms with E-state index in [4.69, 9.17) is 0 Å². The predicted octanol–water partition coefficient (Wildman–Crippen LogP) is 3.56. The Morgan fingerprint density at radius 2 is 1.94 bits per heavy atom. The predicted molar refractivity (Wildman–Crippen MR) is 117 cm³/mol. The van der Waals surface area contributed by atoms with Gasteiger partial charge in [0, 0.05) is 23.9 Å². The van der Waals surface area contributed by atoms with Crippen LogP contribution in [0.1, 0.15) is 34.8 Å². The second-order valence-corrected chi connectivity index (χ2v) is 8.26. The Balaban J connectivity index is 1.56. The van der Waals surface area contributed by atoms with Crippen LogP contribution in [0.25, 0.3) is 16.9 Å². The number of aromatic nitrogens is 6. The number of tetrazole rings is 1. The third-order valence-corrected chi connectivity index (χ3v) is 5.59. The third kappa shape index (κ3) is 4.49. The molecule has 1 amide bonds. The number of carbonyl (C=O) groups is 1. The van der Waals surface area contributed by atoms with E-state index < -0.39 is 18.2 Å². The Morgan fingerprint density at radius 1 is 1.18 bits per heavy atom. The van der Waals surface area contributed by atoms with E-state index in [0.717, 1.165) is 15.9 Å². The van der Waals surface area contributed by atoms with Gasteiger partial charge in [-0.25, -0.2) is 4.52 Å². The normalized spacial score (nSPS) is 13.7. The van der Waals surface area contributed by atoms with Gasteiger partial charge in [0.05, 0.1) is 23.8 Å². The van der Waals surface area contributed by atoms with Crippen molar-refractivity contribution in [3.8, 4) is 11.4 Å². The zero-order chi connectivity index (χ0) is 24.7. The summed E-state index contributed by atoms with van der Waals surface area (Å²) in [6.45, 7) is 4.09. The van der Waals surface area contributed by atoms with E-state index in [9.17, 15) is 23.1 Å². The summed E-state index contributed by atoms with van der Waals surface area (Å²) in [4.78, 5) is 13.9. The largest absolute Gasteiger partial charge is 0.416 e. The van der Waals surface area contributed by atoms with Gasteiger partial charge in [-0.2, -0.15) is 23.1 Å². The number of aliphatic hydroxyl groups is 1. The number of alkyl halides is 3. The molecule has 9 nitrogen and oxygen atoms in total. The van der Waals surface area contributed by atoms with Crippen molar-refractivity contribution in [1.29, 1.82) is 0 Å². The van der Waals surface area contributed by atoms with Gasteiger partial charge >= 0.3 is 6.18 Å². The number of nitrogens with one attached hydrogen (secondary N) is 1. The smallest absolute Gasteiger partial charge is 0.381 e. The molecule has 2 N–H and O–H groups in total. The first-order valence-electron chi connectivity index (χ1n) is 10.4. The van der Waals surface area contributed by atoms with Crippen molar-refractivity contribution in [3.05, 3.63) is 59.4 Å². The van der Waals surface area contributed by atoms with Gasteiger partial charge in [0.25, 0.3) is 5.91 Å². The summed E-state index contributed by atoms with van der Waals surface area (Å²) in [5.41, 5.74) is 0.892. The van der Waals surface area contributed by atoms with Crippen molar-refractivity contribution < 1.29 is 23.1 Å². The van der Waals surface area contributed by atoms with Crippen LogP contribution in [0.15, 0.2) is 42.7 Å². The molecular weight excluding hydrogens is 451 g/mol. The lowest BCUT2D eigenvalue weighted by Crippen LogP contribution is -2.43. The highest BCUT2D eigenvalue weighted by atomic mass is 19.4. The molecule has 4 rings (SSSR count). The number of aryl methyl sites for hydroxylation is 3. The van der Waals surface area contributed by atoms with E-state index in [-0.39, 0.29) is 18.3 Å². The van der Waals surface area contributed by atoms with Gasteiger partial charge in [0.15, 0.2) is 5.60 Å². The van der Waals surface area contributed by atoms with Crippen molar-refractivity contribution >= 4 is 17.1 Å². The SMILES string of the molecule is Cc1cc(C)c(-c2nnn(CCC(C)(O)C(F)(F)F)n2)cc1NC(=O)c1cnn2ccccc12. The molecule has 4 aromatic rings. The fourth-order valence-electron chi connectivity index (χ4n) is 3.43. The second kappa shape index (κ2) is 8.52. The molecule has 0 radical (unpaired) electrons. The zero-order valence-electron chi connectivity index (χ0n) is 18.6. The number of carbonyl (C=O) groups excluding carboxylic acids is 1. The van der Waals surface area contributed by atoms with E-state index >= 15 is 0 Å². The first-order chi connectivity index (χ1) is 16.0. The molecule has 1 unspecified atom stereocenters. The van der Waals surface area contributed by atoms with Gasteiger partial charge in [-0.05, 0) is 55.3 Å². The summed E-state index contributed by atoms with van der Waals surface area (Å²) in [5.74, 6) is -0.152. The lowest BCUT2D eigenvalue weighted by atomic mass is 10.0. The molecule has 178 valence electrons. The molecule has 3 aromatic heterocycles. The van der Waals surface area contributed by atoms with E-state index in [1.807, 2.05) is 32.0 Å². The van der Waals surface area contributed by atoms with Crippen molar-refractivity contribution in [2.45, 2.75) is 45.5 Å². The Labute approximate surface area is 192 Å². The quantitative estimate of drug-likeness (QED) is 0.443. The minimum Gasteiger partial charge on any atom is -0.381 e. The summed E-state index contributed by atoms with van der Waals surface area (Å²) in [5, 5.41) is 28.6. The summed E-state index contributed by atoms with van der Waals surface area (Å²) >= 11 is 0. The molecule has 0 saturated heterocycles. The van der Waals surface area contributed by atoms with Crippen LogP contribution in [0.3, 0.4) is 0 Å². The number of pyridine rings is 1. The van der Waals surface area contributed by atoms with Crippen LogP contribution in [-0.2, 0) is 6.54 Å². The molecule has 0 spiro atoms. The number of fused-ring (bicyclic) bond motifs is 1. The Morgan fingerprint density at radius 3 is 2.68 bits per heavy atom. The molecule has 0 bridgehead atoms. The fraction of sp³-hybridized carbons (Fsp3) is 0.318. The lowest BCUT2D eigenvalue weighted by Gasteiger charge is -2.25. The summed E-state index contributed by atoms with van der Waals surface area (Å²) < 4.78 is 40.2. The van der Waals surface area contributed by atoms with Crippen LogP contribution in [0.5, 0.6) is 0 Å². The summed E-state index contributed by atoms with van der Waals surface area (Å²) in [6.07, 6.45) is -2.17. The van der Waals surface area contributed by atoms with Crippen molar-refractivity contribution in [2.24, 2.45) is 0 Å². The Kier molecular flexibility index (Phi) is 5.86. The zero-order valence-corrected chi connectivity index (χ0v) is 18.6. The number of anilines is 1. The molecule has 0 aliphatic rings. The topological polar surface area (TPSA) is 110 Å². The molecule has 0 saturated carbocycles. The summed E-state index contributed by atoms with van der Waals surface area (Å²) in [6, 6.07) is 8.94. The van der Waals surface area contributed by atoms with Crippen LogP contribution in [0.4, 0.5) is 18.9 Å². The minimum absolute atomic E-state index is 0.190. The van der Waals surface area contributed by atoms with Crippen molar-refractivity contribution in [1.82, 2.24) is 29.8 Å². The Hall–Kier alpha value is -3.80. The van der Waals surface area contributed by atoms with E-state index in [1.165, 1.54) is 6.20 Å². The van der Waals surface area contributed by atoms with E-state index in [1.54, 1.807) is 22.8 Å². The molecule has 0 fully saturated rings. The first-order valence-corrected chi connectivity index (χ1v) is 10.4. The molecule has 0 aliphatic carbocycles. The van der Waals surface area contributed by atoms with E-state index in [0.29, 0.717) is 29.3 Å². The maximum Gasteiger partial charge on any atom is 0.416 e. The number of hydrogen-bond acceptors (Lipinski definition) is 6. The molecule has 1 atom stereocenters. The lowest BCUT2D eigenvalue weighted by molar-refractivity contribution is -0.256. The van der Waals surface area contributed by atoms with Gasteiger partial charge < -0.3 is 10.4 Å². The monoisotopic (exact) mass is 473 g/mol. The molecule has 12 heteroatoms. The van der Waals surface area contributed by atoms with Gasteiger partial charge in [0.2, 0.25) is 5.82 Å². The average Bonchev–Trinajstić information content (AvgIpc) is 3.40. The highest BCUT2D eigenvalue weighted by Crippen LogP contribution is 2.33.